The Hall–Kier alpha value is -2.58. The molecule has 6 N–H and O–H groups in total. The molecule has 6 rings (SSSR count). The molecule has 264 valence electrons. The van der Waals surface area contributed by atoms with Crippen LogP contribution in [0, 0.1) is 0 Å². The third kappa shape index (κ3) is 16.8. The Labute approximate surface area is 316 Å². The van der Waals surface area contributed by atoms with Crippen LogP contribution in [-0.2, 0) is 38.1 Å². The van der Waals surface area contributed by atoms with Gasteiger partial charge in [-0.05, 0) is 97.6 Å². The van der Waals surface area contributed by atoms with Gasteiger partial charge in [-0.3, -0.25) is 0 Å². The second kappa shape index (κ2) is 27.2. The van der Waals surface area contributed by atoms with E-state index in [0.717, 1.165) is 114 Å². The van der Waals surface area contributed by atoms with Crippen molar-refractivity contribution in [3.05, 3.63) is 107 Å². The average Bonchev–Trinajstić information content (AvgIpc) is 3.85. The molecule has 0 bridgehead atoms. The summed E-state index contributed by atoms with van der Waals surface area (Å²) < 4.78 is 0. The molecule has 0 unspecified atom stereocenters. The third-order valence-corrected chi connectivity index (χ3v) is 7.92. The van der Waals surface area contributed by atoms with E-state index in [1.807, 2.05) is 0 Å². The van der Waals surface area contributed by atoms with E-state index in [1.54, 1.807) is 0 Å². The van der Waals surface area contributed by atoms with Crippen molar-refractivity contribution < 1.29 is 0 Å². The van der Waals surface area contributed by atoms with Gasteiger partial charge in [-0.15, -0.1) is 0 Å². The molecule has 0 saturated heterocycles. The minimum absolute atomic E-state index is 0. The van der Waals surface area contributed by atoms with Crippen LogP contribution in [0.25, 0.3) is 32.2 Å². The van der Waals surface area contributed by atoms with Crippen molar-refractivity contribution in [2.75, 3.05) is 77.0 Å². The van der Waals surface area contributed by atoms with Crippen molar-refractivity contribution in [3.8, 4) is 0 Å². The second-order valence-corrected chi connectivity index (χ2v) is 12.0. The normalized spacial score (nSPS) is 12.9. The van der Waals surface area contributed by atoms with Crippen LogP contribution in [0.3, 0.4) is 0 Å². The molecule has 0 atom stereocenters. The summed E-state index contributed by atoms with van der Waals surface area (Å²) in [4.78, 5) is 8.78. The van der Waals surface area contributed by atoms with E-state index in [4.69, 9.17) is 36.7 Å². The first-order chi connectivity index (χ1) is 23.7. The van der Waals surface area contributed by atoms with Crippen molar-refractivity contribution in [2.45, 2.75) is 25.7 Å². The monoisotopic (exact) mass is 758 g/mol. The second-order valence-electron chi connectivity index (χ2n) is 11.2. The topological polar surface area (TPSA) is 129 Å². The first-order valence-corrected chi connectivity index (χ1v) is 18.2. The Kier molecular flexibility index (Phi) is 23.6. The quantitative estimate of drug-likeness (QED) is 0.0824. The van der Waals surface area contributed by atoms with E-state index in [1.165, 1.54) is 32.7 Å². The van der Waals surface area contributed by atoms with Crippen molar-refractivity contribution >= 4 is 76.1 Å². The predicted octanol–water partition coefficient (Wildman–Crippen LogP) is 4.90. The van der Waals surface area contributed by atoms with Gasteiger partial charge in [0.15, 0.2) is 0 Å². The molecular formula is C38H52GeN8S2-4. The van der Waals surface area contributed by atoms with E-state index in [0.29, 0.717) is 0 Å². The zero-order valence-corrected chi connectivity index (χ0v) is 32.4. The van der Waals surface area contributed by atoms with Crippen LogP contribution in [0.15, 0.2) is 94.9 Å². The number of nitrogens with zero attached hydrogens (tertiary/aromatic N) is 4. The number of nitrogens with two attached hydrogens (primary N) is 2. The molecule has 4 radical (unpaired) electrons. The Balaban J connectivity index is 0.000000239. The number of amidine groups is 2. The number of fused-ring (bicyclic) bond motifs is 2. The van der Waals surface area contributed by atoms with Gasteiger partial charge >= 0.3 is 0 Å². The smallest absolute Gasteiger partial charge is 0 e. The molecule has 4 aromatic carbocycles. The van der Waals surface area contributed by atoms with Gasteiger partial charge < -0.3 is 68.0 Å². The molecule has 0 fully saturated rings. The molecule has 2 heterocycles. The van der Waals surface area contributed by atoms with Crippen LogP contribution in [0.4, 0.5) is 0 Å². The summed E-state index contributed by atoms with van der Waals surface area (Å²) in [6, 6.07) is 29.8. The maximum absolute atomic E-state index is 5.24. The average molecular weight is 758 g/mol. The van der Waals surface area contributed by atoms with E-state index in [-0.39, 0.29) is 17.6 Å². The van der Waals surface area contributed by atoms with E-state index >= 15 is 0 Å². The first kappa shape index (κ1) is 42.6. The first-order valence-electron chi connectivity index (χ1n) is 17.0. The number of benzene rings is 4. The van der Waals surface area contributed by atoms with Crippen LogP contribution in [0.1, 0.15) is 24.0 Å². The summed E-state index contributed by atoms with van der Waals surface area (Å²) in [5.41, 5.74) is 13.1. The zero-order chi connectivity index (χ0) is 34.1. The minimum atomic E-state index is 0. The van der Waals surface area contributed by atoms with Gasteiger partial charge in [0.1, 0.15) is 0 Å². The van der Waals surface area contributed by atoms with Crippen LogP contribution in [0.2, 0.25) is 0 Å². The molecule has 2 aliphatic rings. The Morgan fingerprint density at radius 3 is 1.35 bits per heavy atom. The van der Waals surface area contributed by atoms with Crippen molar-refractivity contribution in [1.82, 2.24) is 10.6 Å². The number of hydrogen-bond donors (Lipinski definition) is 4. The fourth-order valence-electron chi connectivity index (χ4n) is 5.12. The van der Waals surface area contributed by atoms with Crippen LogP contribution in [-0.4, -0.2) is 106 Å². The van der Waals surface area contributed by atoms with Crippen LogP contribution in [0.5, 0.6) is 0 Å². The summed E-state index contributed by atoms with van der Waals surface area (Å²) in [6.45, 7) is 8.88. The molecule has 49 heavy (non-hydrogen) atoms. The zero-order valence-electron chi connectivity index (χ0n) is 28.7. The minimum Gasteiger partial charge on any atom is -0.791 e. The van der Waals surface area contributed by atoms with Crippen molar-refractivity contribution in [2.24, 2.45) is 21.5 Å². The van der Waals surface area contributed by atoms with Gasteiger partial charge in [0, 0.05) is 17.6 Å². The maximum atomic E-state index is 5.24. The molecule has 4 aromatic rings. The third-order valence-electron chi connectivity index (χ3n) is 7.51. The van der Waals surface area contributed by atoms with Crippen LogP contribution >= 0.6 is 0 Å². The standard InChI is InChI=1S/2C14H13N2.2C5H14N2S.Ge/c2*1-2-7-13-11(4-1)5-3-6-12(13)10-14-15-8-9-16-14;2*6-2-1-3-7-4-5-8;/h2*1-7H,8-10H2;2*7-8H,1-6H2;/q2*-1;;;/p-2. The molecule has 8 nitrogen and oxygen atoms in total. The summed E-state index contributed by atoms with van der Waals surface area (Å²) in [7, 11) is 0. The van der Waals surface area contributed by atoms with Gasteiger partial charge in [-0.2, -0.15) is 11.5 Å². The largest absolute Gasteiger partial charge is 0.791 e. The molecule has 0 amide bonds. The summed E-state index contributed by atoms with van der Waals surface area (Å²) in [6.07, 6.45) is 3.83. The molecule has 11 heteroatoms. The molecule has 0 aliphatic carbocycles. The molecular weight excluding hydrogens is 705 g/mol. The predicted molar refractivity (Wildman–Crippen MR) is 220 cm³/mol. The maximum Gasteiger partial charge on any atom is 0 e. The molecule has 0 spiro atoms. The SMILES string of the molecule is NCCCNCC[S-].NCCCNCC[S-].[Ge].c1ccc2c(CC3=NCC[N-]3)cccc2c1.c1ccc2c(CC3=NCC[N-]3)cccc2c1. The van der Waals surface area contributed by atoms with E-state index in [2.05, 4.69) is 116 Å². The van der Waals surface area contributed by atoms with Crippen molar-refractivity contribution in [1.29, 1.82) is 0 Å². The Bertz CT molecular complexity index is 1380. The van der Waals surface area contributed by atoms with Gasteiger partial charge in [-0.25, -0.2) is 0 Å². The van der Waals surface area contributed by atoms with Gasteiger partial charge in [0.05, 0.1) is 0 Å². The molecule has 0 aromatic heterocycles. The summed E-state index contributed by atoms with van der Waals surface area (Å²) in [5.74, 6) is 3.59. The van der Waals surface area contributed by atoms with Gasteiger partial charge in [0.2, 0.25) is 0 Å². The number of rotatable bonds is 14. The molecule has 2 aliphatic heterocycles. The fourth-order valence-corrected chi connectivity index (χ4v) is 5.41. The van der Waals surface area contributed by atoms with E-state index < -0.39 is 0 Å². The fraction of sp³-hybridized carbons (Fsp3) is 0.421. The van der Waals surface area contributed by atoms with Crippen molar-refractivity contribution in [3.63, 3.8) is 0 Å². The summed E-state index contributed by atoms with van der Waals surface area (Å²) >= 11 is 9.42. The number of hydrogen-bond acceptors (Lipinski definition) is 8. The number of aliphatic imine (C=N–C) groups is 2. The summed E-state index contributed by atoms with van der Waals surface area (Å²) in [5, 5.41) is 20.3. The van der Waals surface area contributed by atoms with E-state index in [9.17, 15) is 0 Å². The van der Waals surface area contributed by atoms with Crippen LogP contribution < -0.4 is 22.1 Å². The van der Waals surface area contributed by atoms with Gasteiger partial charge in [-0.1, -0.05) is 123 Å². The van der Waals surface area contributed by atoms with Gasteiger partial charge in [0.25, 0.3) is 0 Å². The molecule has 0 saturated carbocycles. The number of nitrogens with one attached hydrogen (secondary N) is 2. The Morgan fingerprint density at radius 1 is 0.571 bits per heavy atom. The Morgan fingerprint density at radius 2 is 0.980 bits per heavy atom.